The van der Waals surface area contributed by atoms with Gasteiger partial charge in [0.2, 0.25) is 0 Å². The topological polar surface area (TPSA) is 26.3 Å². The molecule has 1 fully saturated rings. The third-order valence-corrected chi connectivity index (χ3v) is 4.47. The fourth-order valence-corrected chi connectivity index (χ4v) is 3.04. The summed E-state index contributed by atoms with van der Waals surface area (Å²) < 4.78 is 5.66. The Morgan fingerprint density at radius 2 is 1.76 bits per heavy atom. The standard InChI is InChI=1S/C19H28O2/c1-3-4-5-6-7-8-17-13-14-18(21-19(17)20)16-11-9-15(2)10-12-16/h9-12,17-18H,3-8,13-14H2,1-2H3. The molecule has 116 valence electrons. The molecule has 2 rings (SSSR count). The lowest BCUT2D eigenvalue weighted by Crippen LogP contribution is -2.26. The molecule has 0 spiro atoms. The average Bonchev–Trinajstić information content (AvgIpc) is 2.49. The zero-order valence-electron chi connectivity index (χ0n) is 13.4. The first-order chi connectivity index (χ1) is 10.2. The first kappa shape index (κ1) is 16.1. The summed E-state index contributed by atoms with van der Waals surface area (Å²) in [5.74, 6) is 0.149. The molecule has 0 bridgehead atoms. The maximum Gasteiger partial charge on any atom is 0.309 e. The SMILES string of the molecule is CCCCCCCC1CCC(c2ccc(C)cc2)OC1=O. The molecule has 0 aliphatic carbocycles. The zero-order chi connectivity index (χ0) is 15.1. The molecule has 1 aromatic rings. The molecule has 0 radical (unpaired) electrons. The summed E-state index contributed by atoms with van der Waals surface area (Å²) in [5.41, 5.74) is 2.38. The van der Waals surface area contributed by atoms with Crippen LogP contribution < -0.4 is 0 Å². The Morgan fingerprint density at radius 1 is 1.05 bits per heavy atom. The molecule has 0 aromatic heterocycles. The molecule has 21 heavy (non-hydrogen) atoms. The van der Waals surface area contributed by atoms with E-state index in [2.05, 4.69) is 38.1 Å². The maximum absolute atomic E-state index is 12.1. The summed E-state index contributed by atoms with van der Waals surface area (Å²) in [6.07, 6.45) is 9.20. The van der Waals surface area contributed by atoms with E-state index in [-0.39, 0.29) is 18.0 Å². The highest BCUT2D eigenvalue weighted by molar-refractivity contribution is 5.73. The van der Waals surface area contributed by atoms with E-state index in [0.717, 1.165) is 31.2 Å². The Morgan fingerprint density at radius 3 is 2.43 bits per heavy atom. The smallest absolute Gasteiger partial charge is 0.309 e. The van der Waals surface area contributed by atoms with E-state index in [0.29, 0.717) is 0 Å². The van der Waals surface area contributed by atoms with Crippen LogP contribution in [0, 0.1) is 12.8 Å². The van der Waals surface area contributed by atoms with Gasteiger partial charge in [-0.1, -0.05) is 68.9 Å². The molecule has 1 aliphatic rings. The van der Waals surface area contributed by atoms with Crippen LogP contribution in [0.25, 0.3) is 0 Å². The number of ether oxygens (including phenoxy) is 1. The lowest BCUT2D eigenvalue weighted by Gasteiger charge is -2.28. The Kier molecular flexibility index (Phi) is 6.28. The molecule has 1 aromatic carbocycles. The molecule has 2 atom stereocenters. The molecule has 1 aliphatic heterocycles. The molecular formula is C19H28O2. The van der Waals surface area contributed by atoms with Gasteiger partial charge in [-0.15, -0.1) is 0 Å². The number of hydrogen-bond donors (Lipinski definition) is 0. The molecule has 2 nitrogen and oxygen atoms in total. The van der Waals surface area contributed by atoms with E-state index in [4.69, 9.17) is 4.74 Å². The molecule has 2 unspecified atom stereocenters. The summed E-state index contributed by atoms with van der Waals surface area (Å²) in [5, 5.41) is 0. The van der Waals surface area contributed by atoms with Crippen LogP contribution in [0.4, 0.5) is 0 Å². The number of unbranched alkanes of at least 4 members (excludes halogenated alkanes) is 4. The van der Waals surface area contributed by atoms with Gasteiger partial charge in [0.25, 0.3) is 0 Å². The number of hydrogen-bond acceptors (Lipinski definition) is 2. The van der Waals surface area contributed by atoms with Gasteiger partial charge in [-0.25, -0.2) is 0 Å². The molecule has 0 saturated carbocycles. The van der Waals surface area contributed by atoms with Crippen molar-refractivity contribution in [2.75, 3.05) is 0 Å². The highest BCUT2D eigenvalue weighted by Crippen LogP contribution is 2.33. The van der Waals surface area contributed by atoms with Crippen molar-refractivity contribution in [3.05, 3.63) is 35.4 Å². The quantitative estimate of drug-likeness (QED) is 0.499. The summed E-state index contributed by atoms with van der Waals surface area (Å²) in [4.78, 5) is 12.1. The van der Waals surface area contributed by atoms with Crippen LogP contribution in [-0.4, -0.2) is 5.97 Å². The van der Waals surface area contributed by atoms with Gasteiger partial charge >= 0.3 is 5.97 Å². The first-order valence-electron chi connectivity index (χ1n) is 8.47. The minimum absolute atomic E-state index is 0.0160. The largest absolute Gasteiger partial charge is 0.457 e. The van der Waals surface area contributed by atoms with E-state index in [1.807, 2.05) is 0 Å². The van der Waals surface area contributed by atoms with Gasteiger partial charge in [-0.05, 0) is 31.7 Å². The number of esters is 1. The van der Waals surface area contributed by atoms with Crippen molar-refractivity contribution in [1.82, 2.24) is 0 Å². The Hall–Kier alpha value is -1.31. The van der Waals surface area contributed by atoms with Crippen LogP contribution in [0.1, 0.15) is 75.5 Å². The number of carbonyl (C=O) groups excluding carboxylic acids is 1. The maximum atomic E-state index is 12.1. The van der Waals surface area contributed by atoms with Crippen LogP contribution >= 0.6 is 0 Å². The van der Waals surface area contributed by atoms with Crippen molar-refractivity contribution in [2.45, 2.75) is 71.3 Å². The summed E-state index contributed by atoms with van der Waals surface area (Å²) in [6.45, 7) is 4.30. The second kappa shape index (κ2) is 8.21. The van der Waals surface area contributed by atoms with Gasteiger partial charge < -0.3 is 4.74 Å². The van der Waals surface area contributed by atoms with E-state index < -0.39 is 0 Å². The average molecular weight is 288 g/mol. The predicted molar refractivity (Wildman–Crippen MR) is 86.1 cm³/mol. The van der Waals surface area contributed by atoms with Crippen LogP contribution in [-0.2, 0) is 9.53 Å². The summed E-state index contributed by atoms with van der Waals surface area (Å²) >= 11 is 0. The zero-order valence-corrected chi connectivity index (χ0v) is 13.4. The predicted octanol–water partition coefficient (Wildman–Crippen LogP) is 5.35. The van der Waals surface area contributed by atoms with Gasteiger partial charge in [-0.2, -0.15) is 0 Å². The van der Waals surface area contributed by atoms with Crippen LogP contribution in [0.2, 0.25) is 0 Å². The van der Waals surface area contributed by atoms with Crippen LogP contribution in [0.5, 0.6) is 0 Å². The summed E-state index contributed by atoms with van der Waals surface area (Å²) in [7, 11) is 0. The number of rotatable bonds is 7. The van der Waals surface area contributed by atoms with E-state index >= 15 is 0 Å². The molecule has 1 saturated heterocycles. The van der Waals surface area contributed by atoms with Crippen molar-refractivity contribution in [3.63, 3.8) is 0 Å². The second-order valence-electron chi connectivity index (χ2n) is 6.31. The third kappa shape index (κ3) is 4.87. The van der Waals surface area contributed by atoms with Gasteiger partial charge in [0.15, 0.2) is 0 Å². The first-order valence-corrected chi connectivity index (χ1v) is 8.47. The Labute approximate surface area is 128 Å². The van der Waals surface area contributed by atoms with Crippen LogP contribution in [0.15, 0.2) is 24.3 Å². The number of benzene rings is 1. The Balaban J connectivity index is 1.76. The highest BCUT2D eigenvalue weighted by Gasteiger charge is 2.30. The van der Waals surface area contributed by atoms with Gasteiger partial charge in [0, 0.05) is 0 Å². The van der Waals surface area contributed by atoms with E-state index in [1.165, 1.54) is 31.2 Å². The van der Waals surface area contributed by atoms with Crippen molar-refractivity contribution in [1.29, 1.82) is 0 Å². The number of carbonyl (C=O) groups is 1. The fraction of sp³-hybridized carbons (Fsp3) is 0.632. The highest BCUT2D eigenvalue weighted by atomic mass is 16.5. The third-order valence-electron chi connectivity index (χ3n) is 4.47. The Bertz CT molecular complexity index is 435. The minimum atomic E-state index is -0.0329. The lowest BCUT2D eigenvalue weighted by atomic mass is 9.90. The number of cyclic esters (lactones) is 1. The van der Waals surface area contributed by atoms with Crippen molar-refractivity contribution < 1.29 is 9.53 Å². The van der Waals surface area contributed by atoms with Gasteiger partial charge in [0.1, 0.15) is 6.10 Å². The molecule has 1 heterocycles. The van der Waals surface area contributed by atoms with E-state index in [1.54, 1.807) is 0 Å². The lowest BCUT2D eigenvalue weighted by molar-refractivity contribution is -0.161. The molecule has 0 amide bonds. The van der Waals surface area contributed by atoms with Crippen molar-refractivity contribution in [2.24, 2.45) is 5.92 Å². The van der Waals surface area contributed by atoms with Crippen molar-refractivity contribution >= 4 is 5.97 Å². The van der Waals surface area contributed by atoms with Gasteiger partial charge in [0.05, 0.1) is 5.92 Å². The minimum Gasteiger partial charge on any atom is -0.457 e. The van der Waals surface area contributed by atoms with Crippen molar-refractivity contribution in [3.8, 4) is 0 Å². The monoisotopic (exact) mass is 288 g/mol. The second-order valence-corrected chi connectivity index (χ2v) is 6.31. The molecular weight excluding hydrogens is 260 g/mol. The summed E-state index contributed by atoms with van der Waals surface area (Å²) in [6, 6.07) is 8.34. The van der Waals surface area contributed by atoms with Gasteiger partial charge in [-0.3, -0.25) is 4.79 Å². The number of aryl methyl sites for hydroxylation is 1. The normalized spacial score (nSPS) is 22.1. The fourth-order valence-electron chi connectivity index (χ4n) is 3.04. The molecule has 2 heteroatoms. The van der Waals surface area contributed by atoms with Crippen LogP contribution in [0.3, 0.4) is 0 Å². The van der Waals surface area contributed by atoms with E-state index in [9.17, 15) is 4.79 Å². The molecule has 0 N–H and O–H groups in total.